The Kier molecular flexibility index (Phi) is 5.77. The van der Waals surface area contributed by atoms with Gasteiger partial charge >= 0.3 is 6.18 Å². The summed E-state index contributed by atoms with van der Waals surface area (Å²) >= 11 is 3.00. The topological polar surface area (TPSA) is 75.8 Å². The smallest absolute Gasteiger partial charge is 0.399 e. The van der Waals surface area contributed by atoms with Gasteiger partial charge in [-0.1, -0.05) is 0 Å². The summed E-state index contributed by atoms with van der Waals surface area (Å²) in [7, 11) is 0. The average Bonchev–Trinajstić information content (AvgIpc) is 2.43. The minimum Gasteiger partial charge on any atom is -0.399 e. The van der Waals surface area contributed by atoms with E-state index in [1.807, 2.05) is 0 Å². The molecule has 3 nitrogen and oxygen atoms in total. The third kappa shape index (κ3) is 4.93. The Balaban J connectivity index is 0.000000235. The van der Waals surface area contributed by atoms with Gasteiger partial charge in [0.15, 0.2) is 0 Å². The van der Waals surface area contributed by atoms with Crippen LogP contribution in [0.25, 0.3) is 0 Å². The van der Waals surface area contributed by atoms with Crippen LogP contribution in [0.4, 0.5) is 28.9 Å². The lowest BCUT2D eigenvalue weighted by Gasteiger charge is -2.06. The number of hydrogen-bond donors (Lipinski definition) is 2. The van der Waals surface area contributed by atoms with Crippen molar-refractivity contribution in [3.8, 4) is 6.07 Å². The van der Waals surface area contributed by atoms with Gasteiger partial charge in [0.05, 0.1) is 15.6 Å². The van der Waals surface area contributed by atoms with Crippen molar-refractivity contribution in [3.05, 3.63) is 57.8 Å². The largest absolute Gasteiger partial charge is 0.416 e. The predicted molar refractivity (Wildman–Crippen MR) is 79.1 cm³/mol. The van der Waals surface area contributed by atoms with Gasteiger partial charge in [-0.05, 0) is 52.3 Å². The molecule has 22 heavy (non-hydrogen) atoms. The third-order valence-corrected chi connectivity index (χ3v) is 3.09. The van der Waals surface area contributed by atoms with Crippen LogP contribution < -0.4 is 11.5 Å². The monoisotopic (exact) mass is 375 g/mol. The lowest BCUT2D eigenvalue weighted by Crippen LogP contribution is -2.05. The molecule has 2 aromatic rings. The molecule has 2 aromatic carbocycles. The predicted octanol–water partition coefficient (Wildman–Crippen LogP) is 4.33. The van der Waals surface area contributed by atoms with Crippen molar-refractivity contribution in [2.45, 2.75) is 6.18 Å². The van der Waals surface area contributed by atoms with Crippen LogP contribution in [0, 0.1) is 17.1 Å². The summed E-state index contributed by atoms with van der Waals surface area (Å²) in [6.45, 7) is 0. The molecule has 0 bridgehead atoms. The number of benzene rings is 2. The van der Waals surface area contributed by atoms with Crippen molar-refractivity contribution in [1.29, 1.82) is 5.26 Å². The summed E-state index contributed by atoms with van der Waals surface area (Å²) in [5.74, 6) is -0.324. The Bertz CT molecular complexity index is 708. The summed E-state index contributed by atoms with van der Waals surface area (Å²) < 4.78 is 49.2. The first kappa shape index (κ1) is 17.8. The summed E-state index contributed by atoms with van der Waals surface area (Å²) in [6, 6.07) is 8.70. The number of nitrogens with zero attached hydrogens (tertiary/aromatic N) is 1. The summed E-state index contributed by atoms with van der Waals surface area (Å²) in [6.07, 6.45) is -4.43. The zero-order valence-corrected chi connectivity index (χ0v) is 12.5. The van der Waals surface area contributed by atoms with E-state index in [0.29, 0.717) is 10.2 Å². The summed E-state index contributed by atoms with van der Waals surface area (Å²) in [5, 5.41) is 8.41. The molecule has 0 heterocycles. The van der Waals surface area contributed by atoms with Gasteiger partial charge < -0.3 is 11.5 Å². The molecule has 0 saturated carbocycles. The maximum absolute atomic E-state index is 12.5. The van der Waals surface area contributed by atoms with Crippen molar-refractivity contribution < 1.29 is 17.6 Å². The Hall–Kier alpha value is -2.27. The highest BCUT2D eigenvalue weighted by molar-refractivity contribution is 9.10. The summed E-state index contributed by atoms with van der Waals surface area (Å²) in [4.78, 5) is 0. The Labute approximate surface area is 132 Å². The molecule has 0 aliphatic rings. The number of nitrogens with two attached hydrogens (primary N) is 2. The van der Waals surface area contributed by atoms with Gasteiger partial charge in [0.1, 0.15) is 11.9 Å². The van der Waals surface area contributed by atoms with E-state index in [9.17, 15) is 17.6 Å². The highest BCUT2D eigenvalue weighted by atomic mass is 79.9. The number of rotatable bonds is 0. The van der Waals surface area contributed by atoms with Crippen LogP contribution in [0.1, 0.15) is 11.1 Å². The first-order valence-corrected chi connectivity index (χ1v) is 6.51. The van der Waals surface area contributed by atoms with E-state index in [1.54, 1.807) is 18.2 Å². The molecule has 0 fully saturated rings. The van der Waals surface area contributed by atoms with Gasteiger partial charge in [-0.15, -0.1) is 0 Å². The second-order valence-corrected chi connectivity index (χ2v) is 4.94. The summed E-state index contributed by atoms with van der Waals surface area (Å²) in [5.41, 5.74) is 9.99. The highest BCUT2D eigenvalue weighted by Gasteiger charge is 2.30. The van der Waals surface area contributed by atoms with E-state index < -0.39 is 11.7 Å². The number of nitriles is 1. The molecule has 0 spiro atoms. The second kappa shape index (κ2) is 7.13. The average molecular weight is 376 g/mol. The fourth-order valence-corrected chi connectivity index (χ4v) is 1.59. The number of nitrogen functional groups attached to an aromatic ring is 2. The molecule has 116 valence electrons. The van der Waals surface area contributed by atoms with Gasteiger partial charge in [0.25, 0.3) is 0 Å². The van der Waals surface area contributed by atoms with E-state index in [2.05, 4.69) is 15.9 Å². The molecule has 8 heteroatoms. The van der Waals surface area contributed by atoms with Gasteiger partial charge in [-0.25, -0.2) is 4.39 Å². The van der Waals surface area contributed by atoms with Crippen LogP contribution in [0.15, 0.2) is 40.9 Å². The van der Waals surface area contributed by atoms with Crippen LogP contribution >= 0.6 is 15.9 Å². The molecule has 2 rings (SSSR count). The first-order valence-electron chi connectivity index (χ1n) is 5.72. The molecule has 0 saturated heterocycles. The standard InChI is InChI=1S/C8H5F3N2.C6H5BrFN/c9-8(10,11)6-1-2-7(13)5(3-6)4-12;7-5-2-1-4(9)3-6(5)8/h1-3H,13H2;1-3H,9H2. The molecule has 0 amide bonds. The van der Waals surface area contributed by atoms with E-state index in [0.717, 1.165) is 18.2 Å². The quantitative estimate of drug-likeness (QED) is 0.531. The minimum atomic E-state index is -4.43. The Morgan fingerprint density at radius 2 is 1.68 bits per heavy atom. The molecule has 0 unspecified atom stereocenters. The first-order chi connectivity index (χ1) is 10.1. The van der Waals surface area contributed by atoms with Crippen molar-refractivity contribution in [2.24, 2.45) is 0 Å². The molecule has 0 aliphatic heterocycles. The van der Waals surface area contributed by atoms with Gasteiger partial charge in [-0.3, -0.25) is 0 Å². The number of anilines is 2. The van der Waals surface area contributed by atoms with E-state index in [-0.39, 0.29) is 17.1 Å². The van der Waals surface area contributed by atoms with Crippen molar-refractivity contribution in [1.82, 2.24) is 0 Å². The van der Waals surface area contributed by atoms with Crippen LogP contribution in [0.3, 0.4) is 0 Å². The van der Waals surface area contributed by atoms with E-state index in [1.165, 1.54) is 6.07 Å². The lowest BCUT2D eigenvalue weighted by atomic mass is 10.1. The highest BCUT2D eigenvalue weighted by Crippen LogP contribution is 2.30. The number of halogens is 5. The van der Waals surface area contributed by atoms with Crippen molar-refractivity contribution in [3.63, 3.8) is 0 Å². The molecule has 0 radical (unpaired) electrons. The zero-order valence-electron chi connectivity index (χ0n) is 11.0. The van der Waals surface area contributed by atoms with Crippen LogP contribution in [0.2, 0.25) is 0 Å². The molecular formula is C14H10BrF4N3. The molecular weight excluding hydrogens is 366 g/mol. The van der Waals surface area contributed by atoms with Crippen molar-refractivity contribution in [2.75, 3.05) is 11.5 Å². The third-order valence-electron chi connectivity index (χ3n) is 2.44. The van der Waals surface area contributed by atoms with Crippen molar-refractivity contribution >= 4 is 27.3 Å². The normalized spacial score (nSPS) is 10.4. The maximum Gasteiger partial charge on any atom is 0.416 e. The zero-order chi connectivity index (χ0) is 16.9. The van der Waals surface area contributed by atoms with Gasteiger partial charge in [0.2, 0.25) is 0 Å². The fourth-order valence-electron chi connectivity index (χ4n) is 1.34. The molecule has 0 aliphatic carbocycles. The minimum absolute atomic E-state index is 0.0514. The van der Waals surface area contributed by atoms with Gasteiger partial charge in [0, 0.05) is 11.4 Å². The fraction of sp³-hybridized carbons (Fsp3) is 0.0714. The number of alkyl halides is 3. The molecule has 4 N–H and O–H groups in total. The van der Waals surface area contributed by atoms with Gasteiger partial charge in [-0.2, -0.15) is 18.4 Å². The maximum atomic E-state index is 12.5. The lowest BCUT2D eigenvalue weighted by molar-refractivity contribution is -0.137. The second-order valence-electron chi connectivity index (χ2n) is 4.09. The number of hydrogen-bond acceptors (Lipinski definition) is 3. The van der Waals surface area contributed by atoms with Crippen LogP contribution in [0.5, 0.6) is 0 Å². The Morgan fingerprint density at radius 1 is 1.05 bits per heavy atom. The molecule has 0 atom stereocenters. The molecule has 0 aromatic heterocycles. The Morgan fingerprint density at radius 3 is 2.14 bits per heavy atom. The van der Waals surface area contributed by atoms with Crippen LogP contribution in [-0.4, -0.2) is 0 Å². The SMILES string of the molecule is N#Cc1cc(C(F)(F)F)ccc1N.Nc1ccc(Br)c(F)c1. The van der Waals surface area contributed by atoms with Crippen LogP contribution in [-0.2, 0) is 6.18 Å². The van der Waals surface area contributed by atoms with E-state index in [4.69, 9.17) is 16.7 Å². The van der Waals surface area contributed by atoms with E-state index >= 15 is 0 Å².